The summed E-state index contributed by atoms with van der Waals surface area (Å²) in [6, 6.07) is 0. The Kier molecular flexibility index (Phi) is 5.91. The maximum atomic E-state index is 10.9. The Bertz CT molecular complexity index is 85.1. The summed E-state index contributed by atoms with van der Waals surface area (Å²) < 4.78 is 43.0. The molecule has 0 bridgehead atoms. The van der Waals surface area contributed by atoms with Crippen molar-refractivity contribution in [3.63, 3.8) is 0 Å². The summed E-state index contributed by atoms with van der Waals surface area (Å²) in [6.07, 6.45) is -3.39. The highest BCUT2D eigenvalue weighted by molar-refractivity contribution is 6.15. The van der Waals surface area contributed by atoms with E-state index >= 15 is 0 Å². The average Bonchev–Trinajstić information content (AvgIpc) is 1.69. The minimum atomic E-state index is -4.86. The Hall–Kier alpha value is -0.250. The molecule has 0 saturated heterocycles. The third kappa shape index (κ3) is 7.75. The van der Waals surface area contributed by atoms with E-state index in [0.29, 0.717) is 0 Å². The SMILES string of the molecule is C=C(F)C(F)(F)F.CCl. The molecule has 0 aromatic rings. The van der Waals surface area contributed by atoms with Crippen molar-refractivity contribution in [2.45, 2.75) is 6.18 Å². The van der Waals surface area contributed by atoms with Gasteiger partial charge in [-0.3, -0.25) is 0 Å². The molecule has 0 amide bonds. The molecule has 0 N–H and O–H groups in total. The highest BCUT2D eigenvalue weighted by atomic mass is 35.5. The lowest BCUT2D eigenvalue weighted by atomic mass is 10.6. The molecule has 9 heavy (non-hydrogen) atoms. The smallest absolute Gasteiger partial charge is 0.202 e. The Labute approximate surface area is 55.1 Å². The summed E-state index contributed by atoms with van der Waals surface area (Å²) in [4.78, 5) is 0. The predicted molar refractivity (Wildman–Crippen MR) is 28.1 cm³/mol. The van der Waals surface area contributed by atoms with E-state index in [1.807, 2.05) is 6.58 Å². The van der Waals surface area contributed by atoms with Crippen LogP contribution in [-0.4, -0.2) is 12.6 Å². The van der Waals surface area contributed by atoms with Gasteiger partial charge in [0, 0.05) is 6.38 Å². The van der Waals surface area contributed by atoms with Gasteiger partial charge < -0.3 is 0 Å². The molecular formula is C4H5ClF4. The second-order valence-corrected chi connectivity index (χ2v) is 0.903. The van der Waals surface area contributed by atoms with E-state index in [1.54, 1.807) is 0 Å². The Morgan fingerprint density at radius 1 is 1.33 bits per heavy atom. The molecule has 5 heteroatoms. The van der Waals surface area contributed by atoms with E-state index in [9.17, 15) is 17.6 Å². The van der Waals surface area contributed by atoms with Gasteiger partial charge in [-0.05, 0) is 0 Å². The lowest BCUT2D eigenvalue weighted by Crippen LogP contribution is -2.05. The van der Waals surface area contributed by atoms with Gasteiger partial charge in [0.1, 0.15) is 0 Å². The minimum absolute atomic E-state index is 1.47. The first-order chi connectivity index (χ1) is 3.94. The van der Waals surface area contributed by atoms with Crippen molar-refractivity contribution in [2.24, 2.45) is 0 Å². The number of hydrogen-bond acceptors (Lipinski definition) is 0. The van der Waals surface area contributed by atoms with Gasteiger partial charge >= 0.3 is 6.18 Å². The highest BCUT2D eigenvalue weighted by Crippen LogP contribution is 2.23. The Balaban J connectivity index is 0. The second-order valence-electron chi connectivity index (χ2n) is 0.903. The molecule has 0 atom stereocenters. The quantitative estimate of drug-likeness (QED) is 0.382. The summed E-state index contributed by atoms with van der Waals surface area (Å²) in [5, 5.41) is 0. The van der Waals surface area contributed by atoms with E-state index in [4.69, 9.17) is 0 Å². The molecule has 0 fully saturated rings. The van der Waals surface area contributed by atoms with Crippen molar-refractivity contribution in [2.75, 3.05) is 6.38 Å². The minimum Gasteiger partial charge on any atom is -0.202 e. The molecule has 0 aliphatic rings. The van der Waals surface area contributed by atoms with E-state index in [2.05, 4.69) is 11.6 Å². The number of hydrogen-bond donors (Lipinski definition) is 0. The molecule has 0 aliphatic carbocycles. The molecule has 0 rings (SSSR count). The molecule has 0 spiro atoms. The van der Waals surface area contributed by atoms with E-state index in [0.717, 1.165) is 0 Å². The van der Waals surface area contributed by atoms with Crippen LogP contribution in [0.4, 0.5) is 17.6 Å². The van der Waals surface area contributed by atoms with Crippen molar-refractivity contribution in [1.82, 2.24) is 0 Å². The summed E-state index contributed by atoms with van der Waals surface area (Å²) in [7, 11) is 0. The fourth-order valence-electron chi connectivity index (χ4n) is 0. The molecule has 0 aromatic heterocycles. The van der Waals surface area contributed by atoms with Crippen LogP contribution < -0.4 is 0 Å². The molecule has 0 unspecified atom stereocenters. The molecule has 56 valence electrons. The summed E-state index contributed by atoms with van der Waals surface area (Å²) in [5.41, 5.74) is 0. The zero-order valence-corrected chi connectivity index (χ0v) is 5.35. The van der Waals surface area contributed by atoms with E-state index in [-0.39, 0.29) is 0 Å². The van der Waals surface area contributed by atoms with Crippen LogP contribution in [0.2, 0.25) is 0 Å². The first-order valence-electron chi connectivity index (χ1n) is 1.74. The van der Waals surface area contributed by atoms with Crippen molar-refractivity contribution in [1.29, 1.82) is 0 Å². The fraction of sp³-hybridized carbons (Fsp3) is 0.500. The van der Waals surface area contributed by atoms with Crippen molar-refractivity contribution >= 4 is 11.6 Å². The zero-order chi connectivity index (χ0) is 8.08. The molecule has 0 saturated carbocycles. The van der Waals surface area contributed by atoms with Crippen LogP contribution in [-0.2, 0) is 0 Å². The Morgan fingerprint density at radius 2 is 1.44 bits per heavy atom. The van der Waals surface area contributed by atoms with Gasteiger partial charge in [0.2, 0.25) is 0 Å². The molecular weight excluding hydrogens is 159 g/mol. The van der Waals surface area contributed by atoms with Gasteiger partial charge in [-0.1, -0.05) is 6.58 Å². The Morgan fingerprint density at radius 3 is 1.44 bits per heavy atom. The summed E-state index contributed by atoms with van der Waals surface area (Å²) >= 11 is 4.64. The normalized spacial score (nSPS) is 9.56. The van der Waals surface area contributed by atoms with Crippen LogP contribution in [0.25, 0.3) is 0 Å². The largest absolute Gasteiger partial charge is 0.442 e. The van der Waals surface area contributed by atoms with Gasteiger partial charge in [-0.25, -0.2) is 4.39 Å². The lowest BCUT2D eigenvalue weighted by Gasteiger charge is -1.97. The van der Waals surface area contributed by atoms with Crippen LogP contribution in [0, 0.1) is 0 Å². The predicted octanol–water partition coefficient (Wildman–Crippen LogP) is 2.89. The van der Waals surface area contributed by atoms with Crippen LogP contribution in [0.5, 0.6) is 0 Å². The topological polar surface area (TPSA) is 0 Å². The van der Waals surface area contributed by atoms with Gasteiger partial charge in [-0.15, -0.1) is 11.6 Å². The van der Waals surface area contributed by atoms with Crippen molar-refractivity contribution < 1.29 is 17.6 Å². The third-order valence-corrected chi connectivity index (χ3v) is 0.308. The number of halogens is 5. The van der Waals surface area contributed by atoms with E-state index < -0.39 is 12.0 Å². The first-order valence-corrected chi connectivity index (χ1v) is 2.49. The number of allylic oxidation sites excluding steroid dienone is 1. The molecule has 0 radical (unpaired) electrons. The van der Waals surface area contributed by atoms with Crippen LogP contribution in [0.3, 0.4) is 0 Å². The molecule has 0 aromatic carbocycles. The van der Waals surface area contributed by atoms with Crippen LogP contribution in [0.15, 0.2) is 12.4 Å². The number of rotatable bonds is 0. The molecule has 0 aliphatic heterocycles. The van der Waals surface area contributed by atoms with Gasteiger partial charge in [-0.2, -0.15) is 13.2 Å². The highest BCUT2D eigenvalue weighted by Gasteiger charge is 2.32. The van der Waals surface area contributed by atoms with Gasteiger partial charge in [0.15, 0.2) is 5.83 Å². The fourth-order valence-corrected chi connectivity index (χ4v) is 0. The summed E-state index contributed by atoms with van der Waals surface area (Å²) in [6.45, 7) is 2.03. The standard InChI is InChI=1S/C3H2F4.CH3Cl/c1-2(4)3(5,6)7;1-2/h1H2;1H3. The monoisotopic (exact) mass is 164 g/mol. The first kappa shape index (κ1) is 11.5. The van der Waals surface area contributed by atoms with Crippen LogP contribution >= 0.6 is 11.6 Å². The maximum absolute atomic E-state index is 10.9. The third-order valence-electron chi connectivity index (χ3n) is 0.308. The zero-order valence-electron chi connectivity index (χ0n) is 4.60. The van der Waals surface area contributed by atoms with Crippen LogP contribution in [0.1, 0.15) is 0 Å². The average molecular weight is 165 g/mol. The van der Waals surface area contributed by atoms with Crippen molar-refractivity contribution in [3.05, 3.63) is 12.4 Å². The lowest BCUT2D eigenvalue weighted by molar-refractivity contribution is -0.108. The molecule has 0 heterocycles. The maximum Gasteiger partial charge on any atom is 0.442 e. The van der Waals surface area contributed by atoms with Gasteiger partial charge in [0.25, 0.3) is 0 Å². The van der Waals surface area contributed by atoms with E-state index in [1.165, 1.54) is 6.38 Å². The second kappa shape index (κ2) is 4.61. The number of alkyl halides is 4. The molecule has 0 nitrogen and oxygen atoms in total. The van der Waals surface area contributed by atoms with Crippen molar-refractivity contribution in [3.8, 4) is 0 Å². The van der Waals surface area contributed by atoms with Gasteiger partial charge in [0.05, 0.1) is 0 Å². The summed E-state index contributed by atoms with van der Waals surface area (Å²) in [5.74, 6) is -2.26.